The minimum atomic E-state index is -1.45. The van der Waals surface area contributed by atoms with Gasteiger partial charge >= 0.3 is 11.9 Å². The van der Waals surface area contributed by atoms with Crippen LogP contribution in [-0.2, 0) is 23.8 Å². The Hall–Kier alpha value is -1.18. The fourth-order valence-electron chi connectivity index (χ4n) is 1.39. The van der Waals surface area contributed by atoms with Crippen molar-refractivity contribution < 1.29 is 34.0 Å². The third-order valence-electron chi connectivity index (χ3n) is 2.06. The van der Waals surface area contributed by atoms with Gasteiger partial charge in [0.1, 0.15) is 18.8 Å². The van der Waals surface area contributed by atoms with E-state index in [9.17, 15) is 19.8 Å². The van der Waals surface area contributed by atoms with Crippen molar-refractivity contribution in [2.45, 2.75) is 38.4 Å². The SMILES string of the molecule is CC(=O)OC[C@H]1O[C@H](O)[C@@H](O)[C@@H]1OC(C)=O. The highest BCUT2D eigenvalue weighted by Gasteiger charge is 2.45. The van der Waals surface area contributed by atoms with Crippen LogP contribution in [0.3, 0.4) is 0 Å². The second-order valence-corrected chi connectivity index (χ2v) is 3.43. The lowest BCUT2D eigenvalue weighted by Crippen LogP contribution is -2.38. The van der Waals surface area contributed by atoms with Crippen LogP contribution < -0.4 is 0 Å². The first kappa shape index (κ1) is 12.9. The Kier molecular flexibility index (Phi) is 4.22. The van der Waals surface area contributed by atoms with Crippen LogP contribution in [0, 0.1) is 0 Å². The number of carbonyl (C=O) groups is 2. The van der Waals surface area contributed by atoms with Crippen molar-refractivity contribution in [3.63, 3.8) is 0 Å². The van der Waals surface area contributed by atoms with Crippen molar-refractivity contribution in [3.8, 4) is 0 Å². The molecule has 0 unspecified atom stereocenters. The van der Waals surface area contributed by atoms with Crippen LogP contribution in [0.2, 0.25) is 0 Å². The van der Waals surface area contributed by atoms with Gasteiger partial charge in [0.2, 0.25) is 0 Å². The zero-order valence-electron chi connectivity index (χ0n) is 8.95. The summed E-state index contributed by atoms with van der Waals surface area (Å²) in [4.78, 5) is 21.3. The van der Waals surface area contributed by atoms with Gasteiger partial charge in [-0.1, -0.05) is 0 Å². The number of hydrogen-bond donors (Lipinski definition) is 2. The molecule has 2 N–H and O–H groups in total. The van der Waals surface area contributed by atoms with Gasteiger partial charge in [-0.25, -0.2) is 0 Å². The molecule has 1 saturated heterocycles. The fraction of sp³-hybridized carbons (Fsp3) is 0.778. The number of esters is 2. The quantitative estimate of drug-likeness (QED) is 0.576. The molecule has 16 heavy (non-hydrogen) atoms. The Labute approximate surface area is 91.9 Å². The highest BCUT2D eigenvalue weighted by atomic mass is 16.7. The standard InChI is InChI=1S/C9H14O7/c1-4(10)14-3-6-8(15-5(2)11)7(12)9(13)16-6/h6-9,12-13H,3H2,1-2H3/t6-,7+,8-,9+/m1/s1. The highest BCUT2D eigenvalue weighted by molar-refractivity contribution is 5.66. The molecule has 0 aromatic rings. The molecular weight excluding hydrogens is 220 g/mol. The van der Waals surface area contributed by atoms with Gasteiger partial charge in [0.15, 0.2) is 12.4 Å². The average Bonchev–Trinajstić information content (AvgIpc) is 2.42. The summed E-state index contributed by atoms with van der Waals surface area (Å²) < 4.78 is 14.3. The maximum absolute atomic E-state index is 10.8. The predicted molar refractivity (Wildman–Crippen MR) is 49.1 cm³/mol. The third-order valence-corrected chi connectivity index (χ3v) is 2.06. The Morgan fingerprint density at radius 1 is 1.25 bits per heavy atom. The minimum absolute atomic E-state index is 0.193. The summed E-state index contributed by atoms with van der Waals surface area (Å²) in [7, 11) is 0. The Balaban J connectivity index is 2.59. The largest absolute Gasteiger partial charge is 0.463 e. The number of aliphatic hydroxyl groups is 2. The maximum Gasteiger partial charge on any atom is 0.303 e. The van der Waals surface area contributed by atoms with Crippen molar-refractivity contribution in [1.82, 2.24) is 0 Å². The van der Waals surface area contributed by atoms with Gasteiger partial charge in [0.25, 0.3) is 0 Å². The monoisotopic (exact) mass is 234 g/mol. The predicted octanol–water partition coefficient (Wildman–Crippen LogP) is -1.44. The number of carbonyl (C=O) groups excluding carboxylic acids is 2. The summed E-state index contributed by atoms with van der Waals surface area (Å²) in [6.45, 7) is 2.18. The molecule has 1 aliphatic heterocycles. The van der Waals surface area contributed by atoms with E-state index in [1.807, 2.05) is 0 Å². The molecule has 7 heteroatoms. The molecule has 0 radical (unpaired) electrons. The summed E-state index contributed by atoms with van der Waals surface area (Å²) in [5.41, 5.74) is 0. The van der Waals surface area contributed by atoms with Gasteiger partial charge in [0.05, 0.1) is 0 Å². The summed E-state index contributed by atoms with van der Waals surface area (Å²) in [6.07, 6.45) is -4.70. The summed E-state index contributed by atoms with van der Waals surface area (Å²) in [6, 6.07) is 0. The molecule has 0 aromatic carbocycles. The first-order valence-corrected chi connectivity index (χ1v) is 4.74. The maximum atomic E-state index is 10.8. The fourth-order valence-corrected chi connectivity index (χ4v) is 1.39. The Morgan fingerprint density at radius 3 is 2.38 bits per heavy atom. The van der Waals surface area contributed by atoms with Crippen molar-refractivity contribution in [3.05, 3.63) is 0 Å². The molecule has 1 rings (SSSR count). The zero-order valence-corrected chi connectivity index (χ0v) is 8.95. The first-order valence-electron chi connectivity index (χ1n) is 4.74. The number of hydrogen-bond acceptors (Lipinski definition) is 7. The topological polar surface area (TPSA) is 102 Å². The molecule has 0 aliphatic carbocycles. The van der Waals surface area contributed by atoms with Gasteiger partial charge in [-0.3, -0.25) is 9.59 Å². The van der Waals surface area contributed by atoms with E-state index in [1.165, 1.54) is 13.8 Å². The van der Waals surface area contributed by atoms with E-state index in [-0.39, 0.29) is 6.61 Å². The lowest BCUT2D eigenvalue weighted by Gasteiger charge is -2.19. The highest BCUT2D eigenvalue weighted by Crippen LogP contribution is 2.23. The molecule has 7 nitrogen and oxygen atoms in total. The van der Waals surface area contributed by atoms with Crippen LogP contribution in [0.1, 0.15) is 13.8 Å². The normalized spacial score (nSPS) is 33.5. The molecule has 92 valence electrons. The molecule has 0 bridgehead atoms. The van der Waals surface area contributed by atoms with E-state index in [0.717, 1.165) is 0 Å². The molecule has 4 atom stereocenters. The smallest absolute Gasteiger partial charge is 0.303 e. The first-order chi connectivity index (χ1) is 7.41. The van der Waals surface area contributed by atoms with Crippen LogP contribution in [0.15, 0.2) is 0 Å². The van der Waals surface area contributed by atoms with Crippen LogP contribution in [0.4, 0.5) is 0 Å². The molecule has 0 saturated carbocycles. The van der Waals surface area contributed by atoms with Crippen molar-refractivity contribution in [1.29, 1.82) is 0 Å². The minimum Gasteiger partial charge on any atom is -0.463 e. The van der Waals surface area contributed by atoms with Gasteiger partial charge in [-0.15, -0.1) is 0 Å². The van der Waals surface area contributed by atoms with E-state index in [1.54, 1.807) is 0 Å². The van der Waals surface area contributed by atoms with E-state index in [0.29, 0.717) is 0 Å². The second kappa shape index (κ2) is 5.24. The van der Waals surface area contributed by atoms with Crippen LogP contribution in [0.25, 0.3) is 0 Å². The third kappa shape index (κ3) is 3.16. The average molecular weight is 234 g/mol. The molecule has 0 amide bonds. The van der Waals surface area contributed by atoms with Crippen LogP contribution in [0.5, 0.6) is 0 Å². The van der Waals surface area contributed by atoms with Gasteiger partial charge in [-0.05, 0) is 0 Å². The Morgan fingerprint density at radius 2 is 1.88 bits per heavy atom. The molecule has 1 fully saturated rings. The molecule has 1 aliphatic rings. The molecule has 0 aromatic heterocycles. The molecular formula is C9H14O7. The molecule has 1 heterocycles. The lowest BCUT2D eigenvalue weighted by atomic mass is 10.1. The van der Waals surface area contributed by atoms with Crippen molar-refractivity contribution in [2.24, 2.45) is 0 Å². The van der Waals surface area contributed by atoms with E-state index >= 15 is 0 Å². The van der Waals surface area contributed by atoms with E-state index < -0.39 is 36.5 Å². The summed E-state index contributed by atoms with van der Waals surface area (Å²) in [5, 5.41) is 18.7. The number of aliphatic hydroxyl groups excluding tert-OH is 2. The van der Waals surface area contributed by atoms with E-state index in [2.05, 4.69) is 4.74 Å². The number of rotatable bonds is 3. The summed E-state index contributed by atoms with van der Waals surface area (Å²) in [5.74, 6) is -1.14. The van der Waals surface area contributed by atoms with E-state index in [4.69, 9.17) is 9.47 Å². The summed E-state index contributed by atoms with van der Waals surface area (Å²) >= 11 is 0. The molecule has 0 spiro atoms. The number of ether oxygens (including phenoxy) is 3. The van der Waals surface area contributed by atoms with Crippen LogP contribution in [-0.4, -0.2) is 53.4 Å². The lowest BCUT2D eigenvalue weighted by molar-refractivity contribution is -0.159. The zero-order chi connectivity index (χ0) is 12.3. The van der Waals surface area contributed by atoms with Gasteiger partial charge < -0.3 is 24.4 Å². The van der Waals surface area contributed by atoms with Gasteiger partial charge in [-0.2, -0.15) is 0 Å². The Bertz CT molecular complexity index is 277. The van der Waals surface area contributed by atoms with Gasteiger partial charge in [0, 0.05) is 13.8 Å². The van der Waals surface area contributed by atoms with Crippen molar-refractivity contribution >= 4 is 11.9 Å². The van der Waals surface area contributed by atoms with Crippen LogP contribution >= 0.6 is 0 Å². The second-order valence-electron chi connectivity index (χ2n) is 3.43. The van der Waals surface area contributed by atoms with Crippen molar-refractivity contribution in [2.75, 3.05) is 6.61 Å².